The van der Waals surface area contributed by atoms with Gasteiger partial charge in [0, 0.05) is 18.2 Å². The maximum atomic E-state index is 12.6. The van der Waals surface area contributed by atoms with Crippen molar-refractivity contribution < 1.29 is 22.7 Å². The molecule has 3 aromatic carbocycles. The van der Waals surface area contributed by atoms with Crippen LogP contribution in [0.2, 0.25) is 0 Å². The Morgan fingerprint density at radius 1 is 0.871 bits per heavy atom. The fourth-order valence-electron chi connectivity index (χ4n) is 2.78. The molecule has 0 saturated heterocycles. The van der Waals surface area contributed by atoms with Crippen molar-refractivity contribution in [1.82, 2.24) is 0 Å². The maximum Gasteiger partial charge on any atom is 0.261 e. The summed E-state index contributed by atoms with van der Waals surface area (Å²) in [4.78, 5) is 12.2. The first-order valence-corrected chi connectivity index (χ1v) is 11.2. The number of para-hydroxylation sites is 1. The molecule has 0 heterocycles. The van der Waals surface area contributed by atoms with E-state index in [1.54, 1.807) is 36.4 Å². The SMILES string of the molecule is COc1cccc(NS(=O)(=O)c2ccc(NC(=O)CCCOc3ccccc3)cc2)c1. The van der Waals surface area contributed by atoms with Crippen LogP contribution >= 0.6 is 0 Å². The molecule has 7 nitrogen and oxygen atoms in total. The Kier molecular flexibility index (Phi) is 7.50. The standard InChI is InChI=1S/C23H24N2O5S/c1-29-21-10-5-7-19(17-21)25-31(27,28)22-14-12-18(13-15-22)24-23(26)11-6-16-30-20-8-3-2-4-9-20/h2-5,7-10,12-15,17,25H,6,11,16H2,1H3,(H,24,26). The number of carbonyl (C=O) groups excluding carboxylic acids is 1. The fourth-order valence-corrected chi connectivity index (χ4v) is 3.83. The van der Waals surface area contributed by atoms with Crippen molar-refractivity contribution in [2.45, 2.75) is 17.7 Å². The number of sulfonamides is 1. The van der Waals surface area contributed by atoms with E-state index in [1.165, 1.54) is 19.2 Å². The molecule has 3 rings (SSSR count). The van der Waals surface area contributed by atoms with Gasteiger partial charge in [0.1, 0.15) is 11.5 Å². The Morgan fingerprint density at radius 2 is 1.58 bits per heavy atom. The molecule has 0 radical (unpaired) electrons. The minimum Gasteiger partial charge on any atom is -0.497 e. The predicted molar refractivity (Wildman–Crippen MR) is 120 cm³/mol. The predicted octanol–water partition coefficient (Wildman–Crippen LogP) is 4.29. The maximum absolute atomic E-state index is 12.6. The van der Waals surface area contributed by atoms with Gasteiger partial charge >= 0.3 is 0 Å². The number of amides is 1. The highest BCUT2D eigenvalue weighted by Crippen LogP contribution is 2.21. The van der Waals surface area contributed by atoms with E-state index >= 15 is 0 Å². The molecule has 0 atom stereocenters. The largest absolute Gasteiger partial charge is 0.497 e. The van der Waals surface area contributed by atoms with E-state index < -0.39 is 10.0 Å². The minimum absolute atomic E-state index is 0.0876. The molecule has 162 valence electrons. The molecule has 31 heavy (non-hydrogen) atoms. The summed E-state index contributed by atoms with van der Waals surface area (Å²) < 4.78 is 38.3. The minimum atomic E-state index is -3.76. The molecule has 0 aliphatic carbocycles. The summed E-state index contributed by atoms with van der Waals surface area (Å²) in [5.41, 5.74) is 0.920. The Balaban J connectivity index is 1.50. The Morgan fingerprint density at radius 3 is 2.29 bits per heavy atom. The molecule has 1 amide bonds. The van der Waals surface area contributed by atoms with E-state index in [2.05, 4.69) is 10.0 Å². The second-order valence-electron chi connectivity index (χ2n) is 6.68. The molecule has 0 bridgehead atoms. The van der Waals surface area contributed by atoms with E-state index in [0.29, 0.717) is 36.6 Å². The zero-order valence-electron chi connectivity index (χ0n) is 17.1. The van der Waals surface area contributed by atoms with Gasteiger partial charge in [0.25, 0.3) is 10.0 Å². The molecular weight excluding hydrogens is 416 g/mol. The topological polar surface area (TPSA) is 93.7 Å². The quantitative estimate of drug-likeness (QED) is 0.459. The van der Waals surface area contributed by atoms with Crippen LogP contribution in [0.25, 0.3) is 0 Å². The van der Waals surface area contributed by atoms with Gasteiger partial charge in [-0.25, -0.2) is 8.42 Å². The van der Waals surface area contributed by atoms with Gasteiger partial charge < -0.3 is 14.8 Å². The molecule has 0 fully saturated rings. The zero-order chi connectivity index (χ0) is 22.1. The van der Waals surface area contributed by atoms with Crippen LogP contribution < -0.4 is 19.5 Å². The van der Waals surface area contributed by atoms with Crippen LogP contribution in [0.4, 0.5) is 11.4 Å². The van der Waals surface area contributed by atoms with Crippen molar-refractivity contribution >= 4 is 27.3 Å². The third kappa shape index (κ3) is 6.75. The van der Waals surface area contributed by atoms with Gasteiger partial charge in [-0.1, -0.05) is 24.3 Å². The van der Waals surface area contributed by atoms with E-state index in [1.807, 2.05) is 30.3 Å². The molecular formula is C23H24N2O5S. The van der Waals surface area contributed by atoms with Crippen molar-refractivity contribution in [3.63, 3.8) is 0 Å². The lowest BCUT2D eigenvalue weighted by Crippen LogP contribution is -2.14. The second kappa shape index (κ2) is 10.5. The summed E-state index contributed by atoms with van der Waals surface area (Å²) in [6, 6.07) is 22.0. The zero-order valence-corrected chi connectivity index (χ0v) is 17.9. The van der Waals surface area contributed by atoms with Crippen LogP contribution in [-0.2, 0) is 14.8 Å². The van der Waals surface area contributed by atoms with Crippen LogP contribution in [-0.4, -0.2) is 28.0 Å². The number of rotatable bonds is 10. The Labute approximate surface area is 182 Å². The molecule has 0 spiro atoms. The van der Waals surface area contributed by atoms with Crippen LogP contribution in [0.1, 0.15) is 12.8 Å². The Hall–Kier alpha value is -3.52. The monoisotopic (exact) mass is 440 g/mol. The van der Waals surface area contributed by atoms with Crippen LogP contribution in [0.3, 0.4) is 0 Å². The normalized spacial score (nSPS) is 10.9. The summed E-state index contributed by atoms with van der Waals surface area (Å²) in [5, 5.41) is 2.76. The first-order chi connectivity index (χ1) is 15.0. The van der Waals surface area contributed by atoms with Gasteiger partial charge in [-0.15, -0.1) is 0 Å². The molecule has 3 aromatic rings. The summed E-state index contributed by atoms with van der Waals surface area (Å²) in [6.45, 7) is 0.435. The lowest BCUT2D eigenvalue weighted by Gasteiger charge is -2.10. The first kappa shape index (κ1) is 22.2. The number of anilines is 2. The number of hydrogen-bond acceptors (Lipinski definition) is 5. The number of benzene rings is 3. The molecule has 0 aromatic heterocycles. The average Bonchev–Trinajstić information content (AvgIpc) is 2.77. The van der Waals surface area contributed by atoms with Gasteiger partial charge in [0.15, 0.2) is 0 Å². The van der Waals surface area contributed by atoms with E-state index in [0.717, 1.165) is 5.75 Å². The molecule has 0 aliphatic rings. The average molecular weight is 441 g/mol. The van der Waals surface area contributed by atoms with Gasteiger partial charge in [-0.05, 0) is 55.0 Å². The summed E-state index contributed by atoms with van der Waals surface area (Å²) in [6.07, 6.45) is 0.863. The third-order valence-electron chi connectivity index (χ3n) is 4.33. The highest BCUT2D eigenvalue weighted by Gasteiger charge is 2.14. The molecule has 8 heteroatoms. The number of carbonyl (C=O) groups is 1. The van der Waals surface area contributed by atoms with Crippen molar-refractivity contribution in [2.75, 3.05) is 23.8 Å². The van der Waals surface area contributed by atoms with Crippen LogP contribution in [0, 0.1) is 0 Å². The summed E-state index contributed by atoms with van der Waals surface area (Å²) in [7, 11) is -2.25. The Bertz CT molecular complexity index is 1100. The number of ether oxygens (including phenoxy) is 2. The van der Waals surface area contributed by atoms with E-state index in [-0.39, 0.29) is 10.8 Å². The molecule has 0 saturated carbocycles. The van der Waals surface area contributed by atoms with Gasteiger partial charge in [0.2, 0.25) is 5.91 Å². The first-order valence-electron chi connectivity index (χ1n) is 9.71. The highest BCUT2D eigenvalue weighted by molar-refractivity contribution is 7.92. The number of hydrogen-bond donors (Lipinski definition) is 2. The second-order valence-corrected chi connectivity index (χ2v) is 8.36. The fraction of sp³-hybridized carbons (Fsp3) is 0.174. The third-order valence-corrected chi connectivity index (χ3v) is 5.73. The molecule has 0 unspecified atom stereocenters. The van der Waals surface area contributed by atoms with E-state index in [4.69, 9.17) is 9.47 Å². The lowest BCUT2D eigenvalue weighted by atomic mass is 10.2. The van der Waals surface area contributed by atoms with Gasteiger partial charge in [0.05, 0.1) is 24.3 Å². The van der Waals surface area contributed by atoms with Gasteiger partial charge in [-0.2, -0.15) is 0 Å². The number of nitrogens with one attached hydrogen (secondary N) is 2. The van der Waals surface area contributed by atoms with Crippen molar-refractivity contribution in [3.05, 3.63) is 78.9 Å². The molecule has 2 N–H and O–H groups in total. The van der Waals surface area contributed by atoms with E-state index in [9.17, 15) is 13.2 Å². The lowest BCUT2D eigenvalue weighted by molar-refractivity contribution is -0.116. The summed E-state index contributed by atoms with van der Waals surface area (Å²) in [5.74, 6) is 1.15. The van der Waals surface area contributed by atoms with Crippen LogP contribution in [0.15, 0.2) is 83.8 Å². The highest BCUT2D eigenvalue weighted by atomic mass is 32.2. The number of methoxy groups -OCH3 is 1. The van der Waals surface area contributed by atoms with Crippen LogP contribution in [0.5, 0.6) is 11.5 Å². The smallest absolute Gasteiger partial charge is 0.261 e. The van der Waals surface area contributed by atoms with Gasteiger partial charge in [-0.3, -0.25) is 9.52 Å². The van der Waals surface area contributed by atoms with Crippen molar-refractivity contribution in [2.24, 2.45) is 0 Å². The molecule has 0 aliphatic heterocycles. The summed E-state index contributed by atoms with van der Waals surface area (Å²) >= 11 is 0. The van der Waals surface area contributed by atoms with Crippen molar-refractivity contribution in [3.8, 4) is 11.5 Å². The van der Waals surface area contributed by atoms with Crippen molar-refractivity contribution in [1.29, 1.82) is 0 Å².